The van der Waals surface area contributed by atoms with E-state index in [0.29, 0.717) is 26.1 Å². The molecule has 7 heteroatoms. The highest BCUT2D eigenvalue weighted by atomic mass is 16.4. The number of likely N-dealkylation sites (N-methyl/N-ethyl adjacent to an activating group) is 1. The number of hydrogen-bond acceptors (Lipinski definition) is 4. The molecule has 0 saturated carbocycles. The average molecular weight is 311 g/mol. The average Bonchev–Trinajstić information content (AvgIpc) is 2.76. The Labute approximate surface area is 130 Å². The number of carbonyl (C=O) groups excluding carboxylic acids is 2. The highest BCUT2D eigenvalue weighted by molar-refractivity contribution is 5.86. The molecule has 22 heavy (non-hydrogen) atoms. The molecule has 0 spiro atoms. The van der Waals surface area contributed by atoms with Crippen LogP contribution in [-0.2, 0) is 14.4 Å². The summed E-state index contributed by atoms with van der Waals surface area (Å²) in [7, 11) is 0. The van der Waals surface area contributed by atoms with E-state index in [2.05, 4.69) is 0 Å². The van der Waals surface area contributed by atoms with E-state index in [1.165, 1.54) is 4.90 Å². The number of nitrogens with zero attached hydrogens (tertiary/aromatic N) is 3. The van der Waals surface area contributed by atoms with Gasteiger partial charge in [0.15, 0.2) is 0 Å². The Balaban J connectivity index is 2.09. The van der Waals surface area contributed by atoms with Gasteiger partial charge in [-0.15, -0.1) is 0 Å². The number of hydrogen-bond donors (Lipinski definition) is 1. The molecule has 1 unspecified atom stereocenters. The van der Waals surface area contributed by atoms with E-state index in [4.69, 9.17) is 5.11 Å². The van der Waals surface area contributed by atoms with Crippen LogP contribution in [0.2, 0.25) is 0 Å². The Morgan fingerprint density at radius 2 is 1.86 bits per heavy atom. The van der Waals surface area contributed by atoms with Gasteiger partial charge in [0.05, 0.1) is 12.6 Å². The molecule has 0 bridgehead atoms. The van der Waals surface area contributed by atoms with Crippen LogP contribution in [0.15, 0.2) is 0 Å². The Morgan fingerprint density at radius 1 is 1.14 bits per heavy atom. The van der Waals surface area contributed by atoms with Crippen LogP contribution < -0.4 is 0 Å². The van der Waals surface area contributed by atoms with E-state index in [0.717, 1.165) is 25.8 Å². The molecule has 2 aliphatic rings. The zero-order valence-corrected chi connectivity index (χ0v) is 13.2. The standard InChI is InChI=1S/C15H25N3O4/c1-2-16-8-5-9-17(10-13(16)19)12-6-3-4-7-18(15(12)22)11-14(20)21/h12H,2-11H2,1H3,(H,20,21). The minimum absolute atomic E-state index is 0.0573. The highest BCUT2D eigenvalue weighted by Crippen LogP contribution is 2.19. The zero-order valence-electron chi connectivity index (χ0n) is 13.2. The Hall–Kier alpha value is -1.63. The minimum atomic E-state index is -0.988. The lowest BCUT2D eigenvalue weighted by atomic mass is 10.1. The van der Waals surface area contributed by atoms with E-state index in [1.54, 1.807) is 0 Å². The van der Waals surface area contributed by atoms with E-state index < -0.39 is 5.97 Å². The number of carboxylic acids is 1. The lowest BCUT2D eigenvalue weighted by Gasteiger charge is -2.31. The van der Waals surface area contributed by atoms with Gasteiger partial charge in [0.2, 0.25) is 11.8 Å². The Morgan fingerprint density at radius 3 is 2.55 bits per heavy atom. The first kappa shape index (κ1) is 16.7. The molecule has 2 amide bonds. The van der Waals surface area contributed by atoms with Crippen LogP contribution in [0.3, 0.4) is 0 Å². The first-order valence-corrected chi connectivity index (χ1v) is 8.05. The molecule has 7 nitrogen and oxygen atoms in total. The van der Waals surface area contributed by atoms with E-state index in [1.807, 2.05) is 16.7 Å². The van der Waals surface area contributed by atoms with Gasteiger partial charge >= 0.3 is 5.97 Å². The molecular formula is C15H25N3O4. The van der Waals surface area contributed by atoms with Crippen LogP contribution in [0.1, 0.15) is 32.6 Å². The van der Waals surface area contributed by atoms with Crippen LogP contribution in [0.25, 0.3) is 0 Å². The summed E-state index contributed by atoms with van der Waals surface area (Å²) >= 11 is 0. The molecule has 0 aromatic rings. The molecule has 0 aromatic carbocycles. The van der Waals surface area contributed by atoms with Gasteiger partial charge in [-0.05, 0) is 32.6 Å². The molecular weight excluding hydrogens is 286 g/mol. The first-order chi connectivity index (χ1) is 10.5. The summed E-state index contributed by atoms with van der Waals surface area (Å²) in [6, 6.07) is -0.359. The van der Waals surface area contributed by atoms with Gasteiger partial charge in [-0.25, -0.2) is 0 Å². The molecule has 124 valence electrons. The first-order valence-electron chi connectivity index (χ1n) is 8.05. The summed E-state index contributed by atoms with van der Waals surface area (Å²) in [5.74, 6) is -1.07. The van der Waals surface area contributed by atoms with Crippen molar-refractivity contribution >= 4 is 17.8 Å². The van der Waals surface area contributed by atoms with Crippen molar-refractivity contribution in [3.8, 4) is 0 Å². The number of carboxylic acid groups (broad SMARTS) is 1. The summed E-state index contributed by atoms with van der Waals surface area (Å²) in [4.78, 5) is 41.0. The second-order valence-corrected chi connectivity index (χ2v) is 5.96. The normalized spacial score (nSPS) is 25.0. The number of aliphatic carboxylic acids is 1. The largest absolute Gasteiger partial charge is 0.480 e. The van der Waals surface area contributed by atoms with Crippen molar-refractivity contribution < 1.29 is 19.5 Å². The fraction of sp³-hybridized carbons (Fsp3) is 0.800. The third-order valence-corrected chi connectivity index (χ3v) is 4.47. The third-order valence-electron chi connectivity index (χ3n) is 4.47. The summed E-state index contributed by atoms with van der Waals surface area (Å²) < 4.78 is 0. The maximum absolute atomic E-state index is 12.6. The summed E-state index contributed by atoms with van der Waals surface area (Å²) in [6.07, 6.45) is 3.25. The zero-order chi connectivity index (χ0) is 16.1. The topological polar surface area (TPSA) is 81.2 Å². The number of rotatable bonds is 4. The number of amides is 2. The lowest BCUT2D eigenvalue weighted by Crippen LogP contribution is -2.50. The van der Waals surface area contributed by atoms with Gasteiger partial charge in [-0.2, -0.15) is 0 Å². The van der Waals surface area contributed by atoms with Crippen molar-refractivity contribution in [2.45, 2.75) is 38.6 Å². The monoisotopic (exact) mass is 311 g/mol. The van der Waals surface area contributed by atoms with Crippen LogP contribution in [0.4, 0.5) is 0 Å². The van der Waals surface area contributed by atoms with Gasteiger partial charge in [0.25, 0.3) is 0 Å². The van der Waals surface area contributed by atoms with Crippen LogP contribution >= 0.6 is 0 Å². The second kappa shape index (κ2) is 7.58. The smallest absolute Gasteiger partial charge is 0.323 e. The molecule has 2 heterocycles. The molecule has 2 saturated heterocycles. The molecule has 2 aliphatic heterocycles. The van der Waals surface area contributed by atoms with E-state index in [-0.39, 0.29) is 30.9 Å². The molecule has 1 atom stereocenters. The fourth-order valence-corrected chi connectivity index (χ4v) is 3.29. The molecule has 0 aromatic heterocycles. The summed E-state index contributed by atoms with van der Waals surface area (Å²) in [5, 5.41) is 8.96. The molecule has 0 aliphatic carbocycles. The SMILES string of the molecule is CCN1CCCN(C2CCCCN(CC(=O)O)C2=O)CC1=O. The van der Waals surface area contributed by atoms with Crippen LogP contribution in [0, 0.1) is 0 Å². The van der Waals surface area contributed by atoms with Crippen LogP contribution in [-0.4, -0.2) is 82.9 Å². The van der Waals surface area contributed by atoms with Gasteiger partial charge < -0.3 is 14.9 Å². The maximum atomic E-state index is 12.6. The third kappa shape index (κ3) is 3.97. The Kier molecular flexibility index (Phi) is 5.76. The second-order valence-electron chi connectivity index (χ2n) is 5.96. The molecule has 2 rings (SSSR count). The predicted octanol–water partition coefficient (Wildman–Crippen LogP) is 0.00630. The van der Waals surface area contributed by atoms with Crippen molar-refractivity contribution in [1.82, 2.24) is 14.7 Å². The van der Waals surface area contributed by atoms with E-state index in [9.17, 15) is 14.4 Å². The highest BCUT2D eigenvalue weighted by Gasteiger charge is 2.34. The van der Waals surface area contributed by atoms with Gasteiger partial charge in [-0.3, -0.25) is 19.3 Å². The van der Waals surface area contributed by atoms with Gasteiger partial charge in [0.1, 0.15) is 6.54 Å². The van der Waals surface area contributed by atoms with Gasteiger partial charge in [-0.1, -0.05) is 0 Å². The molecule has 0 radical (unpaired) electrons. The number of carbonyl (C=O) groups is 3. The molecule has 2 fully saturated rings. The van der Waals surface area contributed by atoms with Gasteiger partial charge in [0, 0.05) is 26.2 Å². The number of likely N-dealkylation sites (tertiary alicyclic amines) is 1. The van der Waals surface area contributed by atoms with E-state index >= 15 is 0 Å². The van der Waals surface area contributed by atoms with Crippen molar-refractivity contribution in [2.24, 2.45) is 0 Å². The van der Waals surface area contributed by atoms with Crippen molar-refractivity contribution in [3.05, 3.63) is 0 Å². The quantitative estimate of drug-likeness (QED) is 0.791. The van der Waals surface area contributed by atoms with Crippen LogP contribution in [0.5, 0.6) is 0 Å². The maximum Gasteiger partial charge on any atom is 0.323 e. The molecule has 1 N–H and O–H groups in total. The predicted molar refractivity (Wildman–Crippen MR) is 80.3 cm³/mol. The Bertz CT molecular complexity index is 441. The summed E-state index contributed by atoms with van der Waals surface area (Å²) in [6.45, 7) is 4.58. The lowest BCUT2D eigenvalue weighted by molar-refractivity contribution is -0.147. The fourth-order valence-electron chi connectivity index (χ4n) is 3.29. The van der Waals surface area contributed by atoms with Crippen molar-refractivity contribution in [3.63, 3.8) is 0 Å². The summed E-state index contributed by atoms with van der Waals surface area (Å²) in [5.41, 5.74) is 0. The van der Waals surface area contributed by atoms with Crippen molar-refractivity contribution in [2.75, 3.05) is 39.3 Å². The van der Waals surface area contributed by atoms with Crippen molar-refractivity contribution in [1.29, 1.82) is 0 Å². The minimum Gasteiger partial charge on any atom is -0.480 e.